The minimum Gasteiger partial charge on any atom is -0.444 e. The second-order valence-corrected chi connectivity index (χ2v) is 12.0. The molecule has 37 heavy (non-hydrogen) atoms. The number of rotatable bonds is 6. The zero-order chi connectivity index (χ0) is 26.3. The first-order chi connectivity index (χ1) is 17.6. The number of thiazole rings is 1. The van der Waals surface area contributed by atoms with Crippen LogP contribution in [0.4, 0.5) is 9.18 Å². The molecule has 4 atom stereocenters. The van der Waals surface area contributed by atoms with Crippen molar-refractivity contribution in [2.45, 2.75) is 70.6 Å². The van der Waals surface area contributed by atoms with Crippen LogP contribution in [0.1, 0.15) is 52.0 Å². The number of nitrogens with zero attached hydrogens (tertiary/aromatic N) is 3. The van der Waals surface area contributed by atoms with Gasteiger partial charge in [-0.25, -0.2) is 14.2 Å². The fourth-order valence-corrected chi connectivity index (χ4v) is 6.42. The molecule has 0 radical (unpaired) electrons. The van der Waals surface area contributed by atoms with Gasteiger partial charge in [0.25, 0.3) is 0 Å². The van der Waals surface area contributed by atoms with E-state index in [9.17, 15) is 14.9 Å². The van der Waals surface area contributed by atoms with E-state index in [0.29, 0.717) is 5.56 Å². The fourth-order valence-electron chi connectivity index (χ4n) is 5.70. The number of ether oxygens (including phenoxy) is 1. The molecule has 2 heterocycles. The van der Waals surface area contributed by atoms with Gasteiger partial charge in [-0.2, -0.15) is 5.26 Å². The van der Waals surface area contributed by atoms with Crippen molar-refractivity contribution in [3.63, 3.8) is 0 Å². The number of carbonyl (C=O) groups is 2. The zero-order valence-corrected chi connectivity index (χ0v) is 22.1. The van der Waals surface area contributed by atoms with Crippen LogP contribution in [0.3, 0.4) is 0 Å². The quantitative estimate of drug-likeness (QED) is 0.370. The van der Waals surface area contributed by atoms with Crippen molar-refractivity contribution in [3.05, 3.63) is 53.3 Å². The molecule has 0 spiro atoms. The monoisotopic (exact) mass is 519 g/mol. The first-order valence-electron chi connectivity index (χ1n) is 12.7. The molecular formula is C29H30FN3O3S. The van der Waals surface area contributed by atoms with Gasteiger partial charge in [0.15, 0.2) is 5.78 Å². The molecule has 1 amide bonds. The van der Waals surface area contributed by atoms with Crippen molar-refractivity contribution in [1.82, 2.24) is 9.88 Å². The summed E-state index contributed by atoms with van der Waals surface area (Å²) >= 11 is 1.53. The fraction of sp³-hybridized carbons (Fsp3) is 0.448. The van der Waals surface area contributed by atoms with Gasteiger partial charge in [0, 0.05) is 12.5 Å². The maximum atomic E-state index is 15.1. The Hall–Kier alpha value is -3.31. The normalized spacial score (nSPS) is 21.7. The third kappa shape index (κ3) is 5.24. The lowest BCUT2D eigenvalue weighted by Crippen LogP contribution is -2.51. The van der Waals surface area contributed by atoms with E-state index in [2.05, 4.69) is 11.1 Å². The van der Waals surface area contributed by atoms with E-state index in [4.69, 9.17) is 4.74 Å². The largest absolute Gasteiger partial charge is 0.444 e. The number of ketones is 1. The predicted molar refractivity (Wildman–Crippen MR) is 140 cm³/mol. The molecule has 2 aromatic carbocycles. The summed E-state index contributed by atoms with van der Waals surface area (Å²) in [5, 5.41) is 9.81. The number of amides is 1. The van der Waals surface area contributed by atoms with Crippen LogP contribution in [0.5, 0.6) is 0 Å². The van der Waals surface area contributed by atoms with E-state index in [-0.39, 0.29) is 30.6 Å². The van der Waals surface area contributed by atoms with Crippen LogP contribution in [0.2, 0.25) is 0 Å². The Bertz CT molecular complexity index is 1390. The van der Waals surface area contributed by atoms with Gasteiger partial charge in [0.1, 0.15) is 11.4 Å². The van der Waals surface area contributed by atoms with Crippen molar-refractivity contribution in [2.75, 3.05) is 0 Å². The molecule has 2 bridgehead atoms. The maximum absolute atomic E-state index is 15.1. The zero-order valence-electron chi connectivity index (χ0n) is 21.2. The number of carbonyl (C=O) groups excluding carboxylic acids is 2. The van der Waals surface area contributed by atoms with Crippen LogP contribution in [-0.4, -0.2) is 39.4 Å². The minimum absolute atomic E-state index is 0.00324. The molecule has 1 saturated heterocycles. The van der Waals surface area contributed by atoms with Crippen LogP contribution in [0.15, 0.2) is 41.9 Å². The molecule has 0 N–H and O–H groups in total. The van der Waals surface area contributed by atoms with Crippen molar-refractivity contribution in [3.8, 4) is 17.2 Å². The van der Waals surface area contributed by atoms with Gasteiger partial charge < -0.3 is 4.74 Å². The number of halogens is 1. The molecule has 8 heteroatoms. The van der Waals surface area contributed by atoms with Crippen molar-refractivity contribution in [1.29, 1.82) is 5.26 Å². The first-order valence-corrected chi connectivity index (χ1v) is 13.6. The van der Waals surface area contributed by atoms with Gasteiger partial charge in [0.05, 0.1) is 33.8 Å². The Morgan fingerprint density at radius 2 is 1.97 bits per heavy atom. The van der Waals surface area contributed by atoms with Crippen molar-refractivity contribution >= 4 is 33.4 Å². The third-order valence-electron chi connectivity index (χ3n) is 7.33. The lowest BCUT2D eigenvalue weighted by Gasteiger charge is -2.35. The molecule has 2 fully saturated rings. The smallest absolute Gasteiger partial charge is 0.411 e. The second kappa shape index (κ2) is 9.86. The summed E-state index contributed by atoms with van der Waals surface area (Å²) in [6.45, 7) is 5.41. The van der Waals surface area contributed by atoms with E-state index < -0.39 is 29.5 Å². The molecule has 1 unspecified atom stereocenters. The van der Waals surface area contributed by atoms with Gasteiger partial charge in [-0.1, -0.05) is 18.2 Å². The summed E-state index contributed by atoms with van der Waals surface area (Å²) in [5.74, 6) is -1.12. The van der Waals surface area contributed by atoms with Crippen molar-refractivity contribution < 1.29 is 18.7 Å². The van der Waals surface area contributed by atoms with Gasteiger partial charge >= 0.3 is 6.09 Å². The highest BCUT2D eigenvalue weighted by Crippen LogP contribution is 2.44. The minimum atomic E-state index is -0.680. The van der Waals surface area contributed by atoms with Crippen LogP contribution in [-0.2, 0) is 16.0 Å². The Kier molecular flexibility index (Phi) is 6.76. The molecule has 192 valence electrons. The number of aromatic nitrogens is 1. The summed E-state index contributed by atoms with van der Waals surface area (Å²) in [6.07, 6.45) is 2.19. The number of likely N-dealkylation sites (tertiary alicyclic amines) is 1. The molecule has 1 aliphatic carbocycles. The SMILES string of the molecule is CC(C)(C)OC(=O)N1[C@@H]2CC[C@@H](C2)[C@H]1C(=O)CC(C#N)Cc1ccc(-c2ccc3ncsc3c2)cc1F. The van der Waals surface area contributed by atoms with E-state index in [1.165, 1.54) is 17.4 Å². The van der Waals surface area contributed by atoms with Crippen molar-refractivity contribution in [2.24, 2.45) is 11.8 Å². The van der Waals surface area contributed by atoms with E-state index in [0.717, 1.165) is 40.6 Å². The Morgan fingerprint density at radius 1 is 1.22 bits per heavy atom. The van der Waals surface area contributed by atoms with Gasteiger partial charge in [-0.05, 0) is 87.3 Å². The van der Waals surface area contributed by atoms with Crippen LogP contribution in [0, 0.1) is 29.0 Å². The summed E-state index contributed by atoms with van der Waals surface area (Å²) in [6, 6.07) is 12.5. The van der Waals surface area contributed by atoms with Crippen LogP contribution in [0.25, 0.3) is 21.3 Å². The first kappa shape index (κ1) is 25.3. The summed E-state index contributed by atoms with van der Waals surface area (Å²) in [7, 11) is 0. The third-order valence-corrected chi connectivity index (χ3v) is 8.13. The number of piperidine rings is 1. The lowest BCUT2D eigenvalue weighted by molar-refractivity contribution is -0.126. The molecule has 1 aromatic heterocycles. The van der Waals surface area contributed by atoms with Crippen LogP contribution >= 0.6 is 11.3 Å². The number of Topliss-reactive ketones (excluding diaryl/α,β-unsaturated/α-hetero) is 1. The maximum Gasteiger partial charge on any atom is 0.411 e. The Balaban J connectivity index is 1.28. The molecule has 3 aromatic rings. The second-order valence-electron chi connectivity index (χ2n) is 11.1. The molecule has 1 saturated carbocycles. The van der Waals surface area contributed by atoms with Gasteiger partial charge in [0.2, 0.25) is 0 Å². The standard InChI is InChI=1S/C29H30FN3O3S/c1-29(2,3)36-28(35)33-22-8-6-21(12-22)27(33)25(34)11-17(15-31)10-20-5-4-18(13-23(20)30)19-7-9-24-26(14-19)37-16-32-24/h4-5,7,9,13-14,16-17,21-22,27H,6,8,10-12H2,1-3H3/t17?,21-,22+,27-/m0/s1. The molecule has 5 rings (SSSR count). The molecule has 2 aliphatic rings. The summed E-state index contributed by atoms with van der Waals surface area (Å²) < 4.78 is 21.7. The van der Waals surface area contributed by atoms with Gasteiger partial charge in [-0.15, -0.1) is 11.3 Å². The Morgan fingerprint density at radius 3 is 2.70 bits per heavy atom. The highest BCUT2D eigenvalue weighted by Gasteiger charge is 2.52. The number of hydrogen-bond acceptors (Lipinski definition) is 6. The highest BCUT2D eigenvalue weighted by molar-refractivity contribution is 7.16. The summed E-state index contributed by atoms with van der Waals surface area (Å²) in [5.41, 5.74) is 4.08. The number of nitriles is 1. The predicted octanol–water partition coefficient (Wildman–Crippen LogP) is 6.53. The number of fused-ring (bicyclic) bond motifs is 3. The number of hydrogen-bond donors (Lipinski definition) is 0. The lowest BCUT2D eigenvalue weighted by atomic mass is 9.87. The Labute approximate surface area is 220 Å². The van der Waals surface area contributed by atoms with E-state index in [1.807, 2.05) is 24.3 Å². The topological polar surface area (TPSA) is 83.3 Å². The average Bonchev–Trinajstić information content (AvgIpc) is 3.59. The molecule has 6 nitrogen and oxygen atoms in total. The highest BCUT2D eigenvalue weighted by atomic mass is 32.1. The molecule has 1 aliphatic heterocycles. The average molecular weight is 520 g/mol. The summed E-state index contributed by atoms with van der Waals surface area (Å²) in [4.78, 5) is 32.2. The van der Waals surface area contributed by atoms with E-state index in [1.54, 1.807) is 37.2 Å². The van der Waals surface area contributed by atoms with E-state index >= 15 is 4.39 Å². The number of benzene rings is 2. The van der Waals surface area contributed by atoms with Gasteiger partial charge in [-0.3, -0.25) is 9.69 Å². The van der Waals surface area contributed by atoms with Crippen LogP contribution < -0.4 is 0 Å². The molecular weight excluding hydrogens is 489 g/mol.